The van der Waals surface area contributed by atoms with Crippen LogP contribution in [0, 0.1) is 0 Å². The number of amides is 3. The van der Waals surface area contributed by atoms with Crippen LogP contribution in [0.15, 0.2) is 0 Å². The first kappa shape index (κ1) is 17.0. The van der Waals surface area contributed by atoms with E-state index < -0.39 is 29.7 Å². The molecular formula is C11H21N3O5. The minimum Gasteiger partial charge on any atom is -0.480 e. The second-order valence-corrected chi connectivity index (χ2v) is 4.89. The number of hydrogen-bond acceptors (Lipinski definition) is 4. The number of rotatable bonds is 5. The minimum absolute atomic E-state index is 0.164. The Morgan fingerprint density at radius 2 is 1.68 bits per heavy atom. The molecule has 0 aliphatic heterocycles. The first-order valence-corrected chi connectivity index (χ1v) is 5.86. The first-order valence-electron chi connectivity index (χ1n) is 5.86. The number of aliphatic carboxylic acids is 1. The van der Waals surface area contributed by atoms with Gasteiger partial charge in [0, 0.05) is 13.1 Å². The molecule has 19 heavy (non-hydrogen) atoms. The monoisotopic (exact) mass is 275 g/mol. The number of urea groups is 1. The highest BCUT2D eigenvalue weighted by molar-refractivity contribution is 5.82. The highest BCUT2D eigenvalue weighted by Gasteiger charge is 2.16. The number of nitrogens with one attached hydrogen (secondary N) is 3. The molecule has 8 nitrogen and oxygen atoms in total. The van der Waals surface area contributed by atoms with Crippen LogP contribution in [0.1, 0.15) is 27.7 Å². The van der Waals surface area contributed by atoms with Crippen molar-refractivity contribution >= 4 is 18.1 Å². The van der Waals surface area contributed by atoms with Crippen molar-refractivity contribution in [2.75, 3.05) is 13.1 Å². The number of carboxylic acid groups (broad SMARTS) is 1. The topological polar surface area (TPSA) is 117 Å². The highest BCUT2D eigenvalue weighted by atomic mass is 16.6. The van der Waals surface area contributed by atoms with Gasteiger partial charge in [-0.25, -0.2) is 9.59 Å². The predicted molar refractivity (Wildman–Crippen MR) is 67.9 cm³/mol. The van der Waals surface area contributed by atoms with Crippen LogP contribution in [0.25, 0.3) is 0 Å². The quantitative estimate of drug-likeness (QED) is 0.538. The second kappa shape index (κ2) is 7.45. The molecule has 0 saturated heterocycles. The smallest absolute Gasteiger partial charge is 0.407 e. The van der Waals surface area contributed by atoms with Gasteiger partial charge in [-0.3, -0.25) is 4.79 Å². The molecule has 0 rings (SSSR count). The number of carbonyl (C=O) groups excluding carboxylic acids is 2. The van der Waals surface area contributed by atoms with Crippen molar-refractivity contribution in [2.24, 2.45) is 0 Å². The summed E-state index contributed by atoms with van der Waals surface area (Å²) in [6.45, 7) is 6.92. The molecule has 0 spiro atoms. The molecule has 1 atom stereocenters. The standard InChI is InChI=1S/C11H21N3O5/c1-7(8(15)16)14-9(17)12-5-6-13-10(18)19-11(2,3)4/h7H,5-6H2,1-4H3,(H,13,18)(H,15,16)(H2,12,14,17). The third-order valence-corrected chi connectivity index (χ3v) is 1.80. The lowest BCUT2D eigenvalue weighted by atomic mass is 10.2. The van der Waals surface area contributed by atoms with Gasteiger partial charge in [0.05, 0.1) is 0 Å². The van der Waals surface area contributed by atoms with E-state index >= 15 is 0 Å². The maximum absolute atomic E-state index is 11.2. The van der Waals surface area contributed by atoms with Crippen molar-refractivity contribution in [1.82, 2.24) is 16.0 Å². The molecule has 0 saturated carbocycles. The number of carbonyl (C=O) groups is 3. The molecule has 0 aliphatic carbocycles. The van der Waals surface area contributed by atoms with Gasteiger partial charge in [-0.2, -0.15) is 0 Å². The summed E-state index contributed by atoms with van der Waals surface area (Å²) in [5.74, 6) is -1.12. The van der Waals surface area contributed by atoms with Crippen LogP contribution in [0.5, 0.6) is 0 Å². The molecule has 0 radical (unpaired) electrons. The number of carboxylic acids is 1. The molecule has 0 aromatic rings. The van der Waals surface area contributed by atoms with E-state index in [1.54, 1.807) is 20.8 Å². The Bertz CT molecular complexity index is 338. The van der Waals surface area contributed by atoms with E-state index in [1.165, 1.54) is 6.92 Å². The van der Waals surface area contributed by atoms with Crippen molar-refractivity contribution in [1.29, 1.82) is 0 Å². The summed E-state index contributed by atoms with van der Waals surface area (Å²) in [5, 5.41) is 15.6. The van der Waals surface area contributed by atoms with E-state index in [4.69, 9.17) is 9.84 Å². The van der Waals surface area contributed by atoms with Gasteiger partial charge in [0.1, 0.15) is 11.6 Å². The van der Waals surface area contributed by atoms with Gasteiger partial charge in [0.15, 0.2) is 0 Å². The summed E-state index contributed by atoms with van der Waals surface area (Å²) in [4.78, 5) is 32.9. The Labute approximate surface area is 111 Å². The molecule has 0 aromatic heterocycles. The average molecular weight is 275 g/mol. The van der Waals surface area contributed by atoms with E-state index in [2.05, 4.69) is 16.0 Å². The zero-order valence-corrected chi connectivity index (χ0v) is 11.6. The summed E-state index contributed by atoms with van der Waals surface area (Å²) < 4.78 is 4.98. The third-order valence-electron chi connectivity index (χ3n) is 1.80. The van der Waals surface area contributed by atoms with Gasteiger partial charge >= 0.3 is 18.1 Å². The molecule has 1 unspecified atom stereocenters. The first-order chi connectivity index (χ1) is 8.61. The minimum atomic E-state index is -1.12. The zero-order valence-electron chi connectivity index (χ0n) is 11.6. The van der Waals surface area contributed by atoms with E-state index in [0.29, 0.717) is 0 Å². The SMILES string of the molecule is CC(NC(=O)NCCNC(=O)OC(C)(C)C)C(=O)O. The Kier molecular flexibility index (Phi) is 6.67. The normalized spacial score (nSPS) is 12.2. The van der Waals surface area contributed by atoms with Crippen molar-refractivity contribution in [2.45, 2.75) is 39.3 Å². The van der Waals surface area contributed by atoms with Crippen molar-refractivity contribution < 1.29 is 24.2 Å². The van der Waals surface area contributed by atoms with Crippen LogP contribution in [0.2, 0.25) is 0 Å². The Hall–Kier alpha value is -1.99. The lowest BCUT2D eigenvalue weighted by Crippen LogP contribution is -2.46. The Morgan fingerprint density at radius 1 is 1.16 bits per heavy atom. The molecule has 3 amide bonds. The molecule has 0 bridgehead atoms. The van der Waals surface area contributed by atoms with Crippen molar-refractivity contribution in [3.63, 3.8) is 0 Å². The molecular weight excluding hydrogens is 254 g/mol. The van der Waals surface area contributed by atoms with Gasteiger partial charge < -0.3 is 25.8 Å². The molecule has 8 heteroatoms. The van der Waals surface area contributed by atoms with Crippen molar-refractivity contribution in [3.05, 3.63) is 0 Å². The average Bonchev–Trinajstić information content (AvgIpc) is 2.21. The zero-order chi connectivity index (χ0) is 15.1. The van der Waals surface area contributed by atoms with E-state index in [9.17, 15) is 14.4 Å². The summed E-state index contributed by atoms with van der Waals surface area (Å²) >= 11 is 0. The second-order valence-electron chi connectivity index (χ2n) is 4.89. The lowest BCUT2D eigenvalue weighted by molar-refractivity contribution is -0.138. The maximum Gasteiger partial charge on any atom is 0.407 e. The fourth-order valence-corrected chi connectivity index (χ4v) is 0.964. The van der Waals surface area contributed by atoms with E-state index in [-0.39, 0.29) is 13.1 Å². The van der Waals surface area contributed by atoms with Crippen LogP contribution in [0.4, 0.5) is 9.59 Å². The van der Waals surface area contributed by atoms with Crippen molar-refractivity contribution in [3.8, 4) is 0 Å². The van der Waals surface area contributed by atoms with E-state index in [1.807, 2.05) is 0 Å². The van der Waals surface area contributed by atoms with Gasteiger partial charge in [-0.1, -0.05) is 0 Å². The Morgan fingerprint density at radius 3 is 2.16 bits per heavy atom. The fraction of sp³-hybridized carbons (Fsp3) is 0.727. The molecule has 0 heterocycles. The number of hydrogen-bond donors (Lipinski definition) is 4. The van der Waals surface area contributed by atoms with Crippen LogP contribution in [-0.4, -0.2) is 47.9 Å². The maximum atomic E-state index is 11.2. The van der Waals surface area contributed by atoms with Crippen LogP contribution in [-0.2, 0) is 9.53 Å². The van der Waals surface area contributed by atoms with Gasteiger partial charge in [-0.05, 0) is 27.7 Å². The number of ether oxygens (including phenoxy) is 1. The fourth-order valence-electron chi connectivity index (χ4n) is 0.964. The summed E-state index contributed by atoms with van der Waals surface area (Å²) in [6.07, 6.45) is -0.575. The lowest BCUT2D eigenvalue weighted by Gasteiger charge is -2.19. The van der Waals surface area contributed by atoms with E-state index in [0.717, 1.165) is 0 Å². The molecule has 0 aliphatic rings. The summed E-state index contributed by atoms with van der Waals surface area (Å²) in [7, 11) is 0. The Balaban J connectivity index is 3.72. The highest BCUT2D eigenvalue weighted by Crippen LogP contribution is 2.05. The predicted octanol–water partition coefficient (Wildman–Crippen LogP) is 0.283. The van der Waals surface area contributed by atoms with Crippen LogP contribution in [0.3, 0.4) is 0 Å². The van der Waals surface area contributed by atoms with Crippen LogP contribution < -0.4 is 16.0 Å². The van der Waals surface area contributed by atoms with Gasteiger partial charge in [0.25, 0.3) is 0 Å². The molecule has 4 N–H and O–H groups in total. The van der Waals surface area contributed by atoms with Gasteiger partial charge in [0.2, 0.25) is 0 Å². The molecule has 0 fully saturated rings. The molecule has 0 aromatic carbocycles. The van der Waals surface area contributed by atoms with Crippen LogP contribution >= 0.6 is 0 Å². The summed E-state index contributed by atoms with van der Waals surface area (Å²) in [6, 6.07) is -1.58. The third kappa shape index (κ3) is 9.69. The van der Waals surface area contributed by atoms with Gasteiger partial charge in [-0.15, -0.1) is 0 Å². The largest absolute Gasteiger partial charge is 0.480 e. The summed E-state index contributed by atoms with van der Waals surface area (Å²) in [5.41, 5.74) is -0.578. The number of alkyl carbamates (subject to hydrolysis) is 1. The molecule has 110 valence electrons.